The van der Waals surface area contributed by atoms with Gasteiger partial charge in [0, 0.05) is 49.7 Å². The molecule has 0 unspecified atom stereocenters. The van der Waals surface area contributed by atoms with Gasteiger partial charge >= 0.3 is 0 Å². The quantitative estimate of drug-likeness (QED) is 0.273. The van der Waals surface area contributed by atoms with Crippen LogP contribution in [0.2, 0.25) is 0 Å². The predicted octanol–water partition coefficient (Wildman–Crippen LogP) is 8.12. The molecule has 0 atom stereocenters. The normalized spacial score (nSPS) is 14.8. The van der Waals surface area contributed by atoms with E-state index in [1.807, 2.05) is 12.4 Å². The minimum atomic E-state index is 0.164. The third kappa shape index (κ3) is 6.33. The predicted molar refractivity (Wildman–Crippen MR) is 166 cm³/mol. The Hall–Kier alpha value is -3.66. The maximum absolute atomic E-state index is 4.85. The number of hydrogen-bond donors (Lipinski definition) is 0. The highest BCUT2D eigenvalue weighted by atomic mass is 15.3. The van der Waals surface area contributed by atoms with Crippen LogP contribution in [0.5, 0.6) is 0 Å². The van der Waals surface area contributed by atoms with E-state index >= 15 is 0 Å². The molecule has 2 aromatic heterocycles. The van der Waals surface area contributed by atoms with E-state index in [0.717, 1.165) is 55.4 Å². The summed E-state index contributed by atoms with van der Waals surface area (Å²) in [6.07, 6.45) is 5.10. The molecule has 1 fully saturated rings. The highest BCUT2D eigenvalue weighted by molar-refractivity contribution is 5.65. The third-order valence-electron chi connectivity index (χ3n) is 7.81. The summed E-state index contributed by atoms with van der Waals surface area (Å²) in [5.41, 5.74) is 7.77. The van der Waals surface area contributed by atoms with Gasteiger partial charge in [0.2, 0.25) is 0 Å². The molecule has 1 saturated heterocycles. The van der Waals surface area contributed by atoms with Gasteiger partial charge in [-0.1, -0.05) is 90.1 Å². The van der Waals surface area contributed by atoms with E-state index in [4.69, 9.17) is 9.97 Å². The van der Waals surface area contributed by atoms with Crippen LogP contribution in [-0.2, 0) is 10.8 Å². The molecule has 0 spiro atoms. The van der Waals surface area contributed by atoms with Gasteiger partial charge in [-0.15, -0.1) is 0 Å². The van der Waals surface area contributed by atoms with Crippen LogP contribution in [0.4, 0.5) is 11.6 Å². The fourth-order valence-electron chi connectivity index (χ4n) is 5.19. The Kier molecular flexibility index (Phi) is 7.48. The van der Waals surface area contributed by atoms with Crippen molar-refractivity contribution in [1.29, 1.82) is 0 Å². The van der Waals surface area contributed by atoms with E-state index < -0.39 is 0 Å². The van der Waals surface area contributed by atoms with Gasteiger partial charge in [-0.2, -0.15) is 0 Å². The highest BCUT2D eigenvalue weighted by Gasteiger charge is 2.18. The van der Waals surface area contributed by atoms with Crippen LogP contribution in [0, 0.1) is 0 Å². The van der Waals surface area contributed by atoms with Gasteiger partial charge in [-0.3, -0.25) is 0 Å². The van der Waals surface area contributed by atoms with Crippen molar-refractivity contribution in [1.82, 2.24) is 9.97 Å². The largest absolute Gasteiger partial charge is 0.355 e. The zero-order valence-corrected chi connectivity index (χ0v) is 24.4. The number of rotatable bonds is 4. The lowest BCUT2D eigenvalue weighted by Gasteiger charge is -2.24. The van der Waals surface area contributed by atoms with Crippen molar-refractivity contribution in [3.63, 3.8) is 0 Å². The first kappa shape index (κ1) is 26.9. The average molecular weight is 519 g/mol. The summed E-state index contributed by atoms with van der Waals surface area (Å²) >= 11 is 0. The fraction of sp³-hybridized carbons (Fsp3) is 0.371. The maximum atomic E-state index is 4.85. The van der Waals surface area contributed by atoms with Crippen molar-refractivity contribution in [2.45, 2.75) is 58.8 Å². The Morgan fingerprint density at radius 2 is 0.821 bits per heavy atom. The van der Waals surface area contributed by atoms with Crippen LogP contribution < -0.4 is 9.80 Å². The van der Waals surface area contributed by atoms with E-state index in [9.17, 15) is 0 Å². The Bertz CT molecular complexity index is 1250. The number of hydrogen-bond acceptors (Lipinski definition) is 4. The zero-order chi connectivity index (χ0) is 27.6. The second-order valence-corrected chi connectivity index (χ2v) is 12.8. The third-order valence-corrected chi connectivity index (χ3v) is 7.81. The number of pyridine rings is 2. The monoisotopic (exact) mass is 518 g/mol. The minimum Gasteiger partial charge on any atom is -0.355 e. The van der Waals surface area contributed by atoms with Crippen LogP contribution >= 0.6 is 0 Å². The van der Waals surface area contributed by atoms with Crippen LogP contribution in [0.25, 0.3) is 22.3 Å². The molecule has 202 valence electrons. The summed E-state index contributed by atoms with van der Waals surface area (Å²) in [4.78, 5) is 14.5. The molecule has 4 aromatic rings. The van der Waals surface area contributed by atoms with Crippen LogP contribution in [-0.4, -0.2) is 36.1 Å². The second-order valence-electron chi connectivity index (χ2n) is 12.8. The topological polar surface area (TPSA) is 32.3 Å². The number of aromatic nitrogens is 2. The van der Waals surface area contributed by atoms with E-state index in [2.05, 4.69) is 124 Å². The highest BCUT2D eigenvalue weighted by Crippen LogP contribution is 2.29. The molecule has 3 heterocycles. The lowest BCUT2D eigenvalue weighted by molar-refractivity contribution is 0.590. The Morgan fingerprint density at radius 3 is 1.13 bits per heavy atom. The molecular weight excluding hydrogens is 476 g/mol. The summed E-state index contributed by atoms with van der Waals surface area (Å²) in [5, 5.41) is 0. The van der Waals surface area contributed by atoms with Crippen molar-refractivity contribution in [3.05, 3.63) is 96.3 Å². The van der Waals surface area contributed by atoms with Crippen LogP contribution in [0.1, 0.15) is 59.1 Å². The number of nitrogens with zero attached hydrogens (tertiary/aromatic N) is 4. The van der Waals surface area contributed by atoms with Gasteiger partial charge in [0.05, 0.1) is 0 Å². The lowest BCUT2D eigenvalue weighted by Crippen LogP contribution is -2.31. The first-order valence-corrected chi connectivity index (χ1v) is 14.2. The van der Waals surface area contributed by atoms with E-state index in [1.165, 1.54) is 22.3 Å². The van der Waals surface area contributed by atoms with Crippen molar-refractivity contribution >= 4 is 11.6 Å². The van der Waals surface area contributed by atoms with Gasteiger partial charge in [-0.25, -0.2) is 9.97 Å². The van der Waals surface area contributed by atoms with Gasteiger partial charge in [0.15, 0.2) is 0 Å². The number of anilines is 2. The smallest absolute Gasteiger partial charge is 0.128 e. The number of benzene rings is 2. The van der Waals surface area contributed by atoms with Crippen molar-refractivity contribution in [2.75, 3.05) is 36.0 Å². The fourth-order valence-corrected chi connectivity index (χ4v) is 5.19. The van der Waals surface area contributed by atoms with Crippen molar-refractivity contribution in [3.8, 4) is 22.3 Å². The van der Waals surface area contributed by atoms with Gasteiger partial charge in [-0.05, 0) is 63.8 Å². The zero-order valence-electron chi connectivity index (χ0n) is 24.4. The Morgan fingerprint density at radius 1 is 0.462 bits per heavy atom. The van der Waals surface area contributed by atoms with Gasteiger partial charge in [0.25, 0.3) is 0 Å². The SMILES string of the molecule is CC(C)(C)c1ccc(-c2ccc(N3CCCN(c4ccc(-c5ccc(C(C)(C)C)cc5)cn4)CC3)nc2)cc1. The maximum Gasteiger partial charge on any atom is 0.128 e. The summed E-state index contributed by atoms with van der Waals surface area (Å²) < 4.78 is 0. The summed E-state index contributed by atoms with van der Waals surface area (Å²) in [6, 6.07) is 26.5. The second kappa shape index (κ2) is 10.8. The standard InChI is InChI=1S/C35H42N4/c1-34(2,3)30-14-8-26(9-15-30)28-12-18-32(36-24-28)38-20-7-21-39(23-22-38)33-19-13-29(25-37-33)27-10-16-31(17-11-27)35(4,5)6/h8-19,24-25H,7,20-23H2,1-6H3. The molecule has 1 aliphatic heterocycles. The molecule has 1 aliphatic rings. The summed E-state index contributed by atoms with van der Waals surface area (Å²) in [5.74, 6) is 2.10. The van der Waals surface area contributed by atoms with Crippen molar-refractivity contribution in [2.24, 2.45) is 0 Å². The Labute approximate surface area is 234 Å². The molecule has 0 N–H and O–H groups in total. The molecule has 0 saturated carbocycles. The minimum absolute atomic E-state index is 0.164. The molecule has 0 radical (unpaired) electrons. The summed E-state index contributed by atoms with van der Waals surface area (Å²) in [7, 11) is 0. The lowest BCUT2D eigenvalue weighted by atomic mass is 9.86. The van der Waals surface area contributed by atoms with E-state index in [-0.39, 0.29) is 10.8 Å². The molecule has 39 heavy (non-hydrogen) atoms. The molecule has 0 aliphatic carbocycles. The molecule has 4 heteroatoms. The van der Waals surface area contributed by atoms with Gasteiger partial charge in [0.1, 0.15) is 11.6 Å². The van der Waals surface area contributed by atoms with E-state index in [1.54, 1.807) is 0 Å². The van der Waals surface area contributed by atoms with Crippen LogP contribution in [0.3, 0.4) is 0 Å². The molecular formula is C35H42N4. The summed E-state index contributed by atoms with van der Waals surface area (Å²) in [6.45, 7) is 17.4. The molecule has 2 aromatic carbocycles. The molecule has 0 bridgehead atoms. The van der Waals surface area contributed by atoms with Gasteiger partial charge < -0.3 is 9.80 Å². The first-order chi connectivity index (χ1) is 18.6. The Balaban J connectivity index is 1.21. The first-order valence-electron chi connectivity index (χ1n) is 14.2. The van der Waals surface area contributed by atoms with E-state index in [0.29, 0.717) is 0 Å². The molecule has 5 rings (SSSR count). The molecule has 0 amide bonds. The average Bonchev–Trinajstić information content (AvgIpc) is 3.19. The molecule has 4 nitrogen and oxygen atoms in total. The van der Waals surface area contributed by atoms with Crippen molar-refractivity contribution < 1.29 is 0 Å². The van der Waals surface area contributed by atoms with Crippen LogP contribution in [0.15, 0.2) is 85.2 Å².